The molecular formula is C16H17ClN2O5S. The standard InChI is InChI=1S/C16H17ClN2O5S/c1-9-13(10(2)24-18-9)8-23-16(20)11-3-6-14(17)15(7-11)25(21,22)19-12-4-5-12/h3,6-7,12,19H,4-5,8H2,1-2H3. The van der Waals surface area contributed by atoms with Crippen molar-refractivity contribution in [3.05, 3.63) is 45.8 Å². The van der Waals surface area contributed by atoms with E-state index < -0.39 is 16.0 Å². The van der Waals surface area contributed by atoms with Gasteiger partial charge in [-0.1, -0.05) is 16.8 Å². The highest BCUT2D eigenvalue weighted by Gasteiger charge is 2.29. The van der Waals surface area contributed by atoms with Crippen LogP contribution in [-0.2, 0) is 21.4 Å². The number of hydrogen-bond acceptors (Lipinski definition) is 6. The normalized spacial score (nSPS) is 14.5. The molecule has 0 radical (unpaired) electrons. The molecule has 0 bridgehead atoms. The van der Waals surface area contributed by atoms with E-state index >= 15 is 0 Å². The van der Waals surface area contributed by atoms with Crippen LogP contribution in [0.3, 0.4) is 0 Å². The Morgan fingerprint density at radius 1 is 1.40 bits per heavy atom. The maximum absolute atomic E-state index is 12.3. The van der Waals surface area contributed by atoms with Crippen molar-refractivity contribution >= 4 is 27.6 Å². The van der Waals surface area contributed by atoms with Crippen molar-refractivity contribution in [1.82, 2.24) is 9.88 Å². The minimum Gasteiger partial charge on any atom is -0.457 e. The molecule has 1 saturated carbocycles. The molecule has 3 rings (SSSR count). The van der Waals surface area contributed by atoms with E-state index in [9.17, 15) is 13.2 Å². The van der Waals surface area contributed by atoms with Crippen molar-refractivity contribution in [2.24, 2.45) is 0 Å². The van der Waals surface area contributed by atoms with Gasteiger partial charge in [0.1, 0.15) is 17.3 Å². The van der Waals surface area contributed by atoms with E-state index in [0.717, 1.165) is 12.8 Å². The Morgan fingerprint density at radius 2 is 2.12 bits per heavy atom. The average molecular weight is 385 g/mol. The molecule has 1 fully saturated rings. The first-order chi connectivity index (χ1) is 11.8. The van der Waals surface area contributed by atoms with Crippen LogP contribution in [0.2, 0.25) is 5.02 Å². The number of carbonyl (C=O) groups is 1. The summed E-state index contributed by atoms with van der Waals surface area (Å²) >= 11 is 6.00. The van der Waals surface area contributed by atoms with Crippen LogP contribution in [0.15, 0.2) is 27.6 Å². The number of rotatable bonds is 6. The molecule has 134 valence electrons. The molecule has 0 amide bonds. The van der Waals surface area contributed by atoms with Crippen LogP contribution in [0.25, 0.3) is 0 Å². The molecule has 7 nitrogen and oxygen atoms in total. The third kappa shape index (κ3) is 4.02. The smallest absolute Gasteiger partial charge is 0.338 e. The highest BCUT2D eigenvalue weighted by molar-refractivity contribution is 7.89. The zero-order chi connectivity index (χ0) is 18.2. The van der Waals surface area contributed by atoms with Gasteiger partial charge in [-0.05, 0) is 44.9 Å². The number of sulfonamides is 1. The number of hydrogen-bond donors (Lipinski definition) is 1. The van der Waals surface area contributed by atoms with Crippen molar-refractivity contribution in [2.75, 3.05) is 0 Å². The summed E-state index contributed by atoms with van der Waals surface area (Å²) in [7, 11) is -3.77. The summed E-state index contributed by atoms with van der Waals surface area (Å²) < 4.78 is 37.5. The number of aromatic nitrogens is 1. The summed E-state index contributed by atoms with van der Waals surface area (Å²) in [6, 6.07) is 3.96. The van der Waals surface area contributed by atoms with E-state index in [-0.39, 0.29) is 28.1 Å². The Balaban J connectivity index is 1.78. The summed E-state index contributed by atoms with van der Waals surface area (Å²) in [5.74, 6) is -0.0853. The number of ether oxygens (including phenoxy) is 1. The molecule has 2 aromatic rings. The molecule has 1 aliphatic carbocycles. The van der Waals surface area contributed by atoms with Crippen LogP contribution in [0.5, 0.6) is 0 Å². The monoisotopic (exact) mass is 384 g/mol. The maximum atomic E-state index is 12.3. The van der Waals surface area contributed by atoms with Gasteiger partial charge in [0.2, 0.25) is 10.0 Å². The van der Waals surface area contributed by atoms with Crippen molar-refractivity contribution in [3.8, 4) is 0 Å². The third-order valence-electron chi connectivity index (χ3n) is 3.88. The Labute approximate surface area is 150 Å². The van der Waals surface area contributed by atoms with Gasteiger partial charge >= 0.3 is 5.97 Å². The second-order valence-electron chi connectivity index (χ2n) is 5.92. The lowest BCUT2D eigenvalue weighted by molar-refractivity contribution is 0.0470. The van der Waals surface area contributed by atoms with E-state index in [1.54, 1.807) is 13.8 Å². The highest BCUT2D eigenvalue weighted by atomic mass is 35.5. The molecule has 0 spiro atoms. The van der Waals surface area contributed by atoms with Gasteiger partial charge in [0, 0.05) is 6.04 Å². The minimum absolute atomic E-state index is 0.00890. The number of nitrogens with one attached hydrogen (secondary N) is 1. The van der Waals surface area contributed by atoms with Crippen LogP contribution in [0.4, 0.5) is 0 Å². The average Bonchev–Trinajstić information content (AvgIpc) is 3.30. The van der Waals surface area contributed by atoms with Crippen molar-refractivity contribution < 1.29 is 22.5 Å². The second-order valence-corrected chi connectivity index (χ2v) is 8.01. The van der Waals surface area contributed by atoms with E-state index in [2.05, 4.69) is 9.88 Å². The summed E-state index contributed by atoms with van der Waals surface area (Å²) in [6.45, 7) is 3.46. The Hall–Kier alpha value is -1.90. The van der Waals surface area contributed by atoms with Crippen molar-refractivity contribution in [3.63, 3.8) is 0 Å². The lowest BCUT2D eigenvalue weighted by Crippen LogP contribution is -2.26. The summed E-state index contributed by atoms with van der Waals surface area (Å²) in [4.78, 5) is 12.1. The molecule has 9 heteroatoms. The summed E-state index contributed by atoms with van der Waals surface area (Å²) in [5, 5.41) is 3.84. The van der Waals surface area contributed by atoms with Crippen molar-refractivity contribution in [2.45, 2.75) is 44.2 Å². The molecule has 0 aliphatic heterocycles. The van der Waals surface area contributed by atoms with Crippen LogP contribution >= 0.6 is 11.6 Å². The van der Waals surface area contributed by atoms with Gasteiger partial charge in [0.05, 0.1) is 21.8 Å². The molecule has 1 aliphatic rings. The number of carbonyl (C=O) groups excluding carboxylic acids is 1. The molecule has 1 N–H and O–H groups in total. The first kappa shape index (κ1) is 17.9. The van der Waals surface area contributed by atoms with Gasteiger partial charge in [0.15, 0.2) is 0 Å². The largest absolute Gasteiger partial charge is 0.457 e. The molecule has 1 aromatic carbocycles. The van der Waals surface area contributed by atoms with Gasteiger partial charge in [-0.3, -0.25) is 0 Å². The first-order valence-corrected chi connectivity index (χ1v) is 9.55. The molecule has 1 heterocycles. The lowest BCUT2D eigenvalue weighted by atomic mass is 10.2. The SMILES string of the molecule is Cc1noc(C)c1COC(=O)c1ccc(Cl)c(S(=O)(=O)NC2CC2)c1. The Bertz CT molecular complexity index is 899. The van der Waals surface area contributed by atoms with Gasteiger partial charge in [-0.25, -0.2) is 17.9 Å². The molecule has 0 saturated heterocycles. The molecule has 25 heavy (non-hydrogen) atoms. The Morgan fingerprint density at radius 3 is 2.72 bits per heavy atom. The van der Waals surface area contributed by atoms with Gasteiger partial charge < -0.3 is 9.26 Å². The summed E-state index contributed by atoms with van der Waals surface area (Å²) in [5.41, 5.74) is 1.43. The first-order valence-electron chi connectivity index (χ1n) is 7.68. The topological polar surface area (TPSA) is 98.5 Å². The van der Waals surface area contributed by atoms with E-state index in [0.29, 0.717) is 17.0 Å². The van der Waals surface area contributed by atoms with Gasteiger partial charge in [0.25, 0.3) is 0 Å². The van der Waals surface area contributed by atoms with Crippen LogP contribution in [0.1, 0.15) is 40.2 Å². The zero-order valence-corrected chi connectivity index (χ0v) is 15.3. The maximum Gasteiger partial charge on any atom is 0.338 e. The molecule has 0 unspecified atom stereocenters. The predicted octanol–water partition coefficient (Wildman–Crippen LogP) is 2.74. The zero-order valence-electron chi connectivity index (χ0n) is 13.7. The van der Waals surface area contributed by atoms with Crippen molar-refractivity contribution in [1.29, 1.82) is 0 Å². The summed E-state index contributed by atoms with van der Waals surface area (Å²) in [6.07, 6.45) is 1.60. The van der Waals surface area contributed by atoms with E-state index in [1.807, 2.05) is 0 Å². The quantitative estimate of drug-likeness (QED) is 0.769. The van der Waals surface area contributed by atoms with Crippen LogP contribution in [0, 0.1) is 13.8 Å². The van der Waals surface area contributed by atoms with Crippen LogP contribution in [-0.4, -0.2) is 25.6 Å². The van der Waals surface area contributed by atoms with E-state index in [1.165, 1.54) is 18.2 Å². The number of halogens is 1. The van der Waals surface area contributed by atoms with Crippen LogP contribution < -0.4 is 4.72 Å². The highest BCUT2D eigenvalue weighted by Crippen LogP contribution is 2.27. The van der Waals surface area contributed by atoms with Gasteiger partial charge in [-0.2, -0.15) is 0 Å². The fourth-order valence-electron chi connectivity index (χ4n) is 2.25. The number of nitrogens with zero attached hydrogens (tertiary/aromatic N) is 1. The molecule has 0 atom stereocenters. The lowest BCUT2D eigenvalue weighted by Gasteiger charge is -2.10. The fraction of sp³-hybridized carbons (Fsp3) is 0.375. The number of esters is 1. The Kier molecular flexibility index (Phi) is 4.86. The predicted molar refractivity (Wildman–Crippen MR) is 89.9 cm³/mol. The number of aryl methyl sites for hydroxylation is 2. The van der Waals surface area contributed by atoms with Gasteiger partial charge in [-0.15, -0.1) is 0 Å². The third-order valence-corrected chi connectivity index (χ3v) is 5.89. The number of benzene rings is 1. The molecule has 1 aromatic heterocycles. The molecular weight excluding hydrogens is 368 g/mol. The fourth-order valence-corrected chi connectivity index (χ4v) is 4.08. The second kappa shape index (κ2) is 6.78. The minimum atomic E-state index is -3.77. The van der Waals surface area contributed by atoms with E-state index in [4.69, 9.17) is 20.9 Å².